The summed E-state index contributed by atoms with van der Waals surface area (Å²) < 4.78 is 5.26. The van der Waals surface area contributed by atoms with Crippen molar-refractivity contribution in [3.05, 3.63) is 42.4 Å². The number of piperidine rings is 1. The molecule has 1 aliphatic heterocycles. The van der Waals surface area contributed by atoms with Crippen LogP contribution < -0.4 is 4.74 Å². The molecule has 0 saturated carbocycles. The van der Waals surface area contributed by atoms with Gasteiger partial charge in [-0.3, -0.25) is 9.78 Å². The number of ether oxygens (including phenoxy) is 1. The van der Waals surface area contributed by atoms with Crippen LogP contribution in [0.25, 0.3) is 11.3 Å². The van der Waals surface area contributed by atoms with Crippen LogP contribution in [0.15, 0.2) is 36.7 Å². The number of nitrogens with zero attached hydrogens (tertiary/aromatic N) is 3. The van der Waals surface area contributed by atoms with Gasteiger partial charge in [0.25, 0.3) is 0 Å². The van der Waals surface area contributed by atoms with Crippen molar-refractivity contribution >= 4 is 5.91 Å². The number of carbonyl (C=O) groups excluding carboxylic acids is 1. The third-order valence-corrected chi connectivity index (χ3v) is 4.35. The summed E-state index contributed by atoms with van der Waals surface area (Å²) in [5.41, 5.74) is 2.62. The highest BCUT2D eigenvalue weighted by molar-refractivity contribution is 5.77. The lowest BCUT2D eigenvalue weighted by Crippen LogP contribution is -2.40. The van der Waals surface area contributed by atoms with Gasteiger partial charge in [0.15, 0.2) is 0 Å². The number of rotatable bonds is 4. The van der Waals surface area contributed by atoms with Crippen LogP contribution in [-0.2, 0) is 4.79 Å². The molecule has 1 N–H and O–H groups in total. The quantitative estimate of drug-likeness (QED) is 0.927. The van der Waals surface area contributed by atoms with Gasteiger partial charge < -0.3 is 14.7 Å². The molecule has 1 aromatic carbocycles. The number of aliphatic hydroxyl groups excluding tert-OH is 1. The summed E-state index contributed by atoms with van der Waals surface area (Å²) in [6.45, 7) is 0.830. The molecule has 1 amide bonds. The van der Waals surface area contributed by atoms with E-state index in [0.29, 0.717) is 13.1 Å². The second-order valence-electron chi connectivity index (χ2n) is 5.90. The standard InChI is InChI=1S/C18H21N3O3/c1-24-15-6-2-4-13(8-15)16-9-19-10-17(20-16)14-5-3-7-21(11-14)18(23)12-22/h2,4,6,8-10,14,22H,3,5,7,11-12H2,1H3/t14-/m0/s1. The van der Waals surface area contributed by atoms with E-state index in [2.05, 4.69) is 4.98 Å². The monoisotopic (exact) mass is 327 g/mol. The van der Waals surface area contributed by atoms with E-state index in [1.165, 1.54) is 0 Å². The van der Waals surface area contributed by atoms with Gasteiger partial charge in [-0.05, 0) is 25.0 Å². The summed E-state index contributed by atoms with van der Waals surface area (Å²) in [7, 11) is 1.63. The number of likely N-dealkylation sites (tertiary alicyclic amines) is 1. The fourth-order valence-corrected chi connectivity index (χ4v) is 3.04. The summed E-state index contributed by atoms with van der Waals surface area (Å²) >= 11 is 0. The number of hydrogen-bond acceptors (Lipinski definition) is 5. The van der Waals surface area contributed by atoms with Gasteiger partial charge in [-0.15, -0.1) is 0 Å². The van der Waals surface area contributed by atoms with Gasteiger partial charge in [0.05, 0.1) is 24.7 Å². The van der Waals surface area contributed by atoms with Gasteiger partial charge in [-0.2, -0.15) is 0 Å². The maximum Gasteiger partial charge on any atom is 0.248 e. The molecule has 1 saturated heterocycles. The summed E-state index contributed by atoms with van der Waals surface area (Å²) in [6, 6.07) is 7.71. The molecule has 1 aromatic heterocycles. The topological polar surface area (TPSA) is 75.5 Å². The maximum atomic E-state index is 11.7. The molecule has 2 aromatic rings. The van der Waals surface area contributed by atoms with E-state index in [1.807, 2.05) is 24.3 Å². The largest absolute Gasteiger partial charge is 0.497 e. The molecule has 0 unspecified atom stereocenters. The summed E-state index contributed by atoms with van der Waals surface area (Å²) in [4.78, 5) is 22.5. The van der Waals surface area contributed by atoms with Gasteiger partial charge in [0.2, 0.25) is 5.91 Å². The predicted octanol–water partition coefficient (Wildman–Crippen LogP) is 1.85. The Morgan fingerprint density at radius 2 is 2.29 bits per heavy atom. The Bertz CT molecular complexity index is 720. The SMILES string of the molecule is COc1cccc(-c2cncc([C@H]3CCCN(C(=O)CO)C3)n2)c1. The lowest BCUT2D eigenvalue weighted by molar-refractivity contribution is -0.135. The van der Waals surface area contributed by atoms with Gasteiger partial charge in [0, 0.05) is 30.8 Å². The zero-order valence-electron chi connectivity index (χ0n) is 13.7. The molecule has 126 valence electrons. The lowest BCUT2D eigenvalue weighted by Gasteiger charge is -2.32. The highest BCUT2D eigenvalue weighted by Crippen LogP contribution is 2.28. The summed E-state index contributed by atoms with van der Waals surface area (Å²) in [5.74, 6) is 0.695. The van der Waals surface area contributed by atoms with E-state index >= 15 is 0 Å². The average Bonchev–Trinajstić information content (AvgIpc) is 2.67. The van der Waals surface area contributed by atoms with Gasteiger partial charge >= 0.3 is 0 Å². The van der Waals surface area contributed by atoms with Crippen LogP contribution in [-0.4, -0.2) is 52.7 Å². The van der Waals surface area contributed by atoms with Gasteiger partial charge in [0.1, 0.15) is 12.4 Å². The first-order valence-corrected chi connectivity index (χ1v) is 8.06. The van der Waals surface area contributed by atoms with Crippen molar-refractivity contribution in [2.45, 2.75) is 18.8 Å². The second-order valence-corrected chi connectivity index (χ2v) is 5.90. The van der Waals surface area contributed by atoms with Gasteiger partial charge in [-0.1, -0.05) is 12.1 Å². The molecule has 0 radical (unpaired) electrons. The van der Waals surface area contributed by atoms with Crippen molar-refractivity contribution in [3.8, 4) is 17.0 Å². The zero-order valence-corrected chi connectivity index (χ0v) is 13.7. The highest BCUT2D eigenvalue weighted by Gasteiger charge is 2.25. The second kappa shape index (κ2) is 7.40. The number of carbonyl (C=O) groups is 1. The Balaban J connectivity index is 1.83. The van der Waals surface area contributed by atoms with Crippen LogP contribution >= 0.6 is 0 Å². The van der Waals surface area contributed by atoms with E-state index < -0.39 is 6.61 Å². The van der Waals surface area contributed by atoms with E-state index in [4.69, 9.17) is 14.8 Å². The fourth-order valence-electron chi connectivity index (χ4n) is 3.04. The van der Waals surface area contributed by atoms with Crippen molar-refractivity contribution in [2.24, 2.45) is 0 Å². The molecule has 24 heavy (non-hydrogen) atoms. The molecule has 0 spiro atoms. The summed E-state index contributed by atoms with van der Waals surface area (Å²) in [5, 5.41) is 9.05. The van der Waals surface area contributed by atoms with E-state index in [0.717, 1.165) is 35.5 Å². The molecule has 6 nitrogen and oxygen atoms in total. The number of hydrogen-bond donors (Lipinski definition) is 1. The number of aromatic nitrogens is 2. The third-order valence-electron chi connectivity index (χ3n) is 4.35. The van der Waals surface area contributed by atoms with Crippen LogP contribution in [0.5, 0.6) is 5.75 Å². The number of amides is 1. The van der Waals surface area contributed by atoms with Gasteiger partial charge in [-0.25, -0.2) is 4.98 Å². The van der Waals surface area contributed by atoms with E-state index in [-0.39, 0.29) is 11.8 Å². The minimum atomic E-state index is -0.442. The Kier molecular flexibility index (Phi) is 5.05. The lowest BCUT2D eigenvalue weighted by atomic mass is 9.94. The normalized spacial score (nSPS) is 17.6. The molecule has 0 aliphatic carbocycles. The number of aliphatic hydroxyl groups is 1. The van der Waals surface area contributed by atoms with E-state index in [1.54, 1.807) is 24.4 Å². The average molecular weight is 327 g/mol. The van der Waals surface area contributed by atoms with Crippen LogP contribution in [0, 0.1) is 0 Å². The fraction of sp³-hybridized carbons (Fsp3) is 0.389. The first kappa shape index (κ1) is 16.4. The Hall–Kier alpha value is -2.47. The minimum Gasteiger partial charge on any atom is -0.497 e. The Morgan fingerprint density at radius 3 is 3.08 bits per heavy atom. The number of benzene rings is 1. The molecule has 6 heteroatoms. The summed E-state index contributed by atoms with van der Waals surface area (Å²) in [6.07, 6.45) is 5.37. The van der Waals surface area contributed by atoms with Crippen molar-refractivity contribution in [1.29, 1.82) is 0 Å². The molecule has 3 rings (SSSR count). The Labute approximate surface area is 141 Å². The molecule has 1 fully saturated rings. The molecule has 2 heterocycles. The number of methoxy groups -OCH3 is 1. The third kappa shape index (κ3) is 3.54. The highest BCUT2D eigenvalue weighted by atomic mass is 16.5. The van der Waals surface area contributed by atoms with Crippen molar-refractivity contribution in [1.82, 2.24) is 14.9 Å². The van der Waals surface area contributed by atoms with Crippen molar-refractivity contribution < 1.29 is 14.6 Å². The maximum absolute atomic E-state index is 11.7. The first-order chi connectivity index (χ1) is 11.7. The molecule has 1 atom stereocenters. The van der Waals surface area contributed by atoms with Crippen molar-refractivity contribution in [3.63, 3.8) is 0 Å². The van der Waals surface area contributed by atoms with Crippen LogP contribution in [0.3, 0.4) is 0 Å². The van der Waals surface area contributed by atoms with Crippen LogP contribution in [0.1, 0.15) is 24.5 Å². The molecule has 0 bridgehead atoms. The molecular weight excluding hydrogens is 306 g/mol. The Morgan fingerprint density at radius 1 is 1.42 bits per heavy atom. The predicted molar refractivity (Wildman–Crippen MR) is 89.7 cm³/mol. The van der Waals surface area contributed by atoms with Crippen LogP contribution in [0.4, 0.5) is 0 Å². The molecule has 1 aliphatic rings. The van der Waals surface area contributed by atoms with E-state index in [9.17, 15) is 4.79 Å². The zero-order chi connectivity index (χ0) is 16.9. The minimum absolute atomic E-state index is 0.146. The van der Waals surface area contributed by atoms with Crippen LogP contribution in [0.2, 0.25) is 0 Å². The van der Waals surface area contributed by atoms with Crippen molar-refractivity contribution in [2.75, 3.05) is 26.8 Å². The smallest absolute Gasteiger partial charge is 0.248 e. The molecular formula is C18H21N3O3. The first-order valence-electron chi connectivity index (χ1n) is 8.06.